The van der Waals surface area contributed by atoms with E-state index >= 15 is 0 Å². The summed E-state index contributed by atoms with van der Waals surface area (Å²) in [5, 5.41) is 4.21. The maximum absolute atomic E-state index is 12.3. The molecule has 3 aromatic carbocycles. The summed E-state index contributed by atoms with van der Waals surface area (Å²) < 4.78 is 11.3. The Kier molecular flexibility index (Phi) is 4.58. The van der Waals surface area contributed by atoms with Crippen LogP contribution >= 0.6 is 0 Å². The minimum Gasteiger partial charge on any atom is -0.497 e. The minimum absolute atomic E-state index is 0.404. The van der Waals surface area contributed by atoms with E-state index in [1.807, 2.05) is 48.5 Å². The zero-order valence-electron chi connectivity index (χ0n) is 14.7. The molecule has 0 unspecified atom stereocenters. The number of nitrogens with zero attached hydrogens (tertiary/aromatic N) is 1. The first kappa shape index (κ1) is 16.8. The van der Waals surface area contributed by atoms with E-state index in [2.05, 4.69) is 5.16 Å². The lowest BCUT2D eigenvalue weighted by molar-refractivity contribution is 0.0517. The van der Waals surface area contributed by atoms with Crippen LogP contribution in [0.1, 0.15) is 27.0 Å². The molecule has 134 valence electrons. The molecular formula is C22H17NO4. The van der Waals surface area contributed by atoms with E-state index in [-0.39, 0.29) is 0 Å². The first-order valence-electron chi connectivity index (χ1n) is 8.50. The van der Waals surface area contributed by atoms with Crippen molar-refractivity contribution in [1.29, 1.82) is 0 Å². The zero-order chi connectivity index (χ0) is 18.6. The summed E-state index contributed by atoms with van der Waals surface area (Å²) in [6.45, 7) is 0.404. The second-order valence-electron chi connectivity index (χ2n) is 5.99. The van der Waals surface area contributed by atoms with Crippen LogP contribution in [-0.4, -0.2) is 18.8 Å². The third-order valence-electron chi connectivity index (χ3n) is 4.33. The fraction of sp³-hybridized carbons (Fsp3) is 0.0909. The van der Waals surface area contributed by atoms with Gasteiger partial charge in [-0.25, -0.2) is 4.79 Å². The average Bonchev–Trinajstić information content (AvgIpc) is 2.89. The van der Waals surface area contributed by atoms with Gasteiger partial charge in [-0.15, -0.1) is 0 Å². The molecule has 27 heavy (non-hydrogen) atoms. The van der Waals surface area contributed by atoms with Gasteiger partial charge >= 0.3 is 5.97 Å². The van der Waals surface area contributed by atoms with Gasteiger partial charge in [-0.2, -0.15) is 0 Å². The van der Waals surface area contributed by atoms with Crippen LogP contribution in [0.2, 0.25) is 0 Å². The Labute approximate surface area is 156 Å². The van der Waals surface area contributed by atoms with Crippen LogP contribution in [-0.2, 0) is 11.4 Å². The first-order valence-corrected chi connectivity index (χ1v) is 8.50. The monoisotopic (exact) mass is 359 g/mol. The van der Waals surface area contributed by atoms with Gasteiger partial charge in [0.15, 0.2) is 0 Å². The Morgan fingerprint density at radius 2 is 1.74 bits per heavy atom. The molecule has 5 heteroatoms. The lowest BCUT2D eigenvalue weighted by Gasteiger charge is -2.10. The van der Waals surface area contributed by atoms with Gasteiger partial charge in [0.25, 0.3) is 0 Å². The molecule has 5 nitrogen and oxygen atoms in total. The van der Waals surface area contributed by atoms with Crippen LogP contribution in [0.25, 0.3) is 0 Å². The minimum atomic E-state index is -0.518. The number of benzene rings is 3. The van der Waals surface area contributed by atoms with Crippen molar-refractivity contribution < 1.29 is 19.1 Å². The molecule has 3 aromatic rings. The van der Waals surface area contributed by atoms with Crippen LogP contribution in [0.4, 0.5) is 0 Å². The molecule has 0 N–H and O–H groups in total. The summed E-state index contributed by atoms with van der Waals surface area (Å²) in [6, 6.07) is 22.0. The molecule has 0 atom stereocenters. The van der Waals surface area contributed by atoms with E-state index in [9.17, 15) is 4.79 Å². The second kappa shape index (κ2) is 7.33. The molecule has 0 saturated heterocycles. The molecule has 0 aliphatic carbocycles. The summed E-state index contributed by atoms with van der Waals surface area (Å²) in [5.41, 5.74) is 3.49. The van der Waals surface area contributed by atoms with Gasteiger partial charge < -0.3 is 14.3 Å². The van der Waals surface area contributed by atoms with E-state index in [0.717, 1.165) is 11.1 Å². The summed E-state index contributed by atoms with van der Waals surface area (Å²) in [6.07, 6.45) is 0. The maximum atomic E-state index is 12.3. The lowest BCUT2D eigenvalue weighted by Crippen LogP contribution is -2.09. The molecule has 0 radical (unpaired) electrons. The van der Waals surface area contributed by atoms with Crippen LogP contribution < -0.4 is 9.47 Å². The Hall–Kier alpha value is -3.60. The van der Waals surface area contributed by atoms with Crippen LogP contribution in [0.15, 0.2) is 78.0 Å². The van der Waals surface area contributed by atoms with Crippen molar-refractivity contribution in [2.24, 2.45) is 5.16 Å². The summed E-state index contributed by atoms with van der Waals surface area (Å²) in [4.78, 5) is 17.6. The quantitative estimate of drug-likeness (QED) is 0.520. The Morgan fingerprint density at radius 3 is 2.56 bits per heavy atom. The highest BCUT2D eigenvalue weighted by Crippen LogP contribution is 2.32. The predicted octanol–water partition coefficient (Wildman–Crippen LogP) is 4.20. The van der Waals surface area contributed by atoms with E-state index in [0.29, 0.717) is 34.9 Å². The molecule has 1 aliphatic rings. The van der Waals surface area contributed by atoms with Crippen LogP contribution in [0.3, 0.4) is 0 Å². The number of ether oxygens (including phenoxy) is 2. The second-order valence-corrected chi connectivity index (χ2v) is 5.99. The van der Waals surface area contributed by atoms with E-state index in [1.54, 1.807) is 31.4 Å². The Balaban J connectivity index is 1.79. The molecule has 4 rings (SSSR count). The standard InChI is InChI=1S/C22H17NO4/c1-25-17-11-12-20-19(13-17)21(18-10-6-5-9-16(18)14-26-20)23-27-22(24)15-7-3-2-4-8-15/h2-13H,14H2,1H3. The number of hydrogen-bond acceptors (Lipinski definition) is 5. The number of carbonyl (C=O) groups is 1. The summed E-state index contributed by atoms with van der Waals surface area (Å²) >= 11 is 0. The third-order valence-corrected chi connectivity index (χ3v) is 4.33. The van der Waals surface area contributed by atoms with Gasteiger partial charge in [0.1, 0.15) is 23.8 Å². The van der Waals surface area contributed by atoms with Gasteiger partial charge in [0.2, 0.25) is 0 Å². The lowest BCUT2D eigenvalue weighted by atomic mass is 9.98. The fourth-order valence-corrected chi connectivity index (χ4v) is 2.94. The summed E-state index contributed by atoms with van der Waals surface area (Å²) in [7, 11) is 1.60. The molecule has 0 saturated carbocycles. The number of methoxy groups -OCH3 is 1. The molecule has 0 amide bonds. The van der Waals surface area contributed by atoms with Crippen molar-refractivity contribution in [1.82, 2.24) is 0 Å². The van der Waals surface area contributed by atoms with E-state index in [4.69, 9.17) is 14.3 Å². The topological polar surface area (TPSA) is 57.1 Å². The van der Waals surface area contributed by atoms with Crippen LogP contribution in [0, 0.1) is 0 Å². The largest absolute Gasteiger partial charge is 0.497 e. The van der Waals surface area contributed by atoms with Crippen molar-refractivity contribution in [2.45, 2.75) is 6.61 Å². The van der Waals surface area contributed by atoms with E-state index in [1.165, 1.54) is 0 Å². The number of carbonyl (C=O) groups excluding carboxylic acids is 1. The maximum Gasteiger partial charge on any atom is 0.365 e. The fourth-order valence-electron chi connectivity index (χ4n) is 2.94. The molecular weight excluding hydrogens is 342 g/mol. The van der Waals surface area contributed by atoms with Crippen molar-refractivity contribution in [3.05, 3.63) is 95.1 Å². The number of oxime groups is 1. The molecule has 0 aromatic heterocycles. The van der Waals surface area contributed by atoms with E-state index < -0.39 is 5.97 Å². The number of fused-ring (bicyclic) bond motifs is 2. The highest BCUT2D eigenvalue weighted by molar-refractivity contribution is 6.15. The highest BCUT2D eigenvalue weighted by atomic mass is 16.7. The van der Waals surface area contributed by atoms with Crippen LogP contribution in [0.5, 0.6) is 11.5 Å². The van der Waals surface area contributed by atoms with Crippen molar-refractivity contribution in [3.8, 4) is 11.5 Å². The van der Waals surface area contributed by atoms with Crippen molar-refractivity contribution in [3.63, 3.8) is 0 Å². The normalized spacial score (nSPS) is 13.7. The molecule has 0 bridgehead atoms. The SMILES string of the molecule is COc1ccc2c(c1)C(=NOC(=O)c1ccccc1)c1ccccc1CO2. The number of rotatable bonds is 3. The smallest absolute Gasteiger partial charge is 0.365 e. The van der Waals surface area contributed by atoms with Crippen molar-refractivity contribution in [2.75, 3.05) is 7.11 Å². The Bertz CT molecular complexity index is 1010. The summed E-state index contributed by atoms with van der Waals surface area (Å²) in [5.74, 6) is 0.801. The first-order chi connectivity index (χ1) is 13.3. The number of hydrogen-bond donors (Lipinski definition) is 0. The third kappa shape index (κ3) is 3.40. The average molecular weight is 359 g/mol. The molecule has 0 spiro atoms. The van der Waals surface area contributed by atoms with Gasteiger partial charge in [-0.1, -0.05) is 47.6 Å². The predicted molar refractivity (Wildman–Crippen MR) is 101 cm³/mol. The molecule has 0 fully saturated rings. The Morgan fingerprint density at radius 1 is 0.963 bits per heavy atom. The van der Waals surface area contributed by atoms with Gasteiger partial charge in [-0.3, -0.25) is 0 Å². The molecule has 1 heterocycles. The highest BCUT2D eigenvalue weighted by Gasteiger charge is 2.22. The zero-order valence-corrected chi connectivity index (χ0v) is 14.7. The van der Waals surface area contributed by atoms with Crippen molar-refractivity contribution >= 4 is 11.7 Å². The van der Waals surface area contributed by atoms with Gasteiger partial charge in [0, 0.05) is 11.1 Å². The van der Waals surface area contributed by atoms with Gasteiger partial charge in [-0.05, 0) is 35.9 Å². The van der Waals surface area contributed by atoms with Gasteiger partial charge in [0.05, 0.1) is 12.7 Å². The molecule has 1 aliphatic heterocycles.